The summed E-state index contributed by atoms with van der Waals surface area (Å²) in [6, 6.07) is 0. The van der Waals surface area contributed by atoms with Gasteiger partial charge in [-0.3, -0.25) is 0 Å². The third kappa shape index (κ3) is 1.71. The molecule has 0 radical (unpaired) electrons. The van der Waals surface area contributed by atoms with E-state index in [1.165, 1.54) is 6.33 Å². The van der Waals surface area contributed by atoms with Crippen molar-refractivity contribution in [1.29, 1.82) is 0 Å². The molecule has 66 valence electrons. The van der Waals surface area contributed by atoms with Crippen molar-refractivity contribution in [1.82, 2.24) is 19.7 Å². The van der Waals surface area contributed by atoms with Crippen LogP contribution in [-0.4, -0.2) is 19.7 Å². The third-order valence-electron chi connectivity index (χ3n) is 1.42. The van der Waals surface area contributed by atoms with Gasteiger partial charge in [-0.1, -0.05) is 11.6 Å². The predicted octanol–water partition coefficient (Wildman–Crippen LogP) is 2.08. The molecule has 0 saturated carbocycles. The van der Waals surface area contributed by atoms with Crippen LogP contribution in [0.25, 0.3) is 5.82 Å². The van der Waals surface area contributed by atoms with Crippen molar-refractivity contribution >= 4 is 27.5 Å². The van der Waals surface area contributed by atoms with E-state index in [0.717, 1.165) is 4.47 Å². The van der Waals surface area contributed by atoms with Crippen molar-refractivity contribution in [3.63, 3.8) is 0 Å². The van der Waals surface area contributed by atoms with E-state index in [0.29, 0.717) is 10.8 Å². The molecule has 0 aliphatic heterocycles. The molecule has 0 aliphatic carbocycles. The Morgan fingerprint density at radius 2 is 2.23 bits per heavy atom. The Morgan fingerprint density at radius 3 is 2.85 bits per heavy atom. The summed E-state index contributed by atoms with van der Waals surface area (Å²) in [5, 5.41) is 4.59. The molecule has 0 amide bonds. The lowest BCUT2D eigenvalue weighted by atomic mass is 10.6. The molecule has 4 nitrogen and oxygen atoms in total. The maximum atomic E-state index is 5.72. The second-order valence-electron chi connectivity index (χ2n) is 2.30. The highest BCUT2D eigenvalue weighted by atomic mass is 79.9. The van der Waals surface area contributed by atoms with Gasteiger partial charge in [-0.05, 0) is 15.9 Å². The quantitative estimate of drug-likeness (QED) is 0.787. The molecule has 2 aromatic heterocycles. The van der Waals surface area contributed by atoms with Crippen molar-refractivity contribution in [3.8, 4) is 5.82 Å². The van der Waals surface area contributed by atoms with Crippen LogP contribution in [0.2, 0.25) is 5.02 Å². The van der Waals surface area contributed by atoms with Gasteiger partial charge < -0.3 is 0 Å². The van der Waals surface area contributed by atoms with Crippen LogP contribution in [0, 0.1) is 0 Å². The largest absolute Gasteiger partial charge is 0.243 e. The minimum absolute atomic E-state index is 0.575. The molecule has 6 heteroatoms. The summed E-state index contributed by atoms with van der Waals surface area (Å²) in [5.74, 6) is 0.668. The predicted molar refractivity (Wildman–Crippen MR) is 51.9 cm³/mol. The van der Waals surface area contributed by atoms with Crippen LogP contribution in [0.15, 0.2) is 29.4 Å². The summed E-state index contributed by atoms with van der Waals surface area (Å²) in [7, 11) is 0. The van der Waals surface area contributed by atoms with Crippen molar-refractivity contribution in [2.45, 2.75) is 0 Å². The molecule has 2 rings (SSSR count). The molecule has 0 saturated heterocycles. The van der Waals surface area contributed by atoms with Crippen molar-refractivity contribution in [2.75, 3.05) is 0 Å². The van der Waals surface area contributed by atoms with Crippen molar-refractivity contribution < 1.29 is 0 Å². The fourth-order valence-electron chi connectivity index (χ4n) is 0.891. The van der Waals surface area contributed by atoms with Crippen LogP contribution in [-0.2, 0) is 0 Å². The molecule has 0 N–H and O–H groups in total. The molecule has 2 aromatic rings. The van der Waals surface area contributed by atoms with Crippen molar-refractivity contribution in [2.24, 2.45) is 0 Å². The molecule has 0 unspecified atom stereocenters. The van der Waals surface area contributed by atoms with Gasteiger partial charge in [-0.15, -0.1) is 0 Å². The van der Waals surface area contributed by atoms with E-state index in [2.05, 4.69) is 31.0 Å². The lowest BCUT2D eigenvalue weighted by Crippen LogP contribution is -1.98. The van der Waals surface area contributed by atoms with Crippen LogP contribution < -0.4 is 0 Å². The summed E-state index contributed by atoms with van der Waals surface area (Å²) in [6.07, 6.45) is 6.33. The minimum Gasteiger partial charge on any atom is -0.243 e. The van der Waals surface area contributed by atoms with Crippen LogP contribution in [0.1, 0.15) is 0 Å². The average Bonchev–Trinajstić information content (AvgIpc) is 2.53. The van der Waals surface area contributed by atoms with Gasteiger partial charge >= 0.3 is 0 Å². The Labute approximate surface area is 87.7 Å². The first-order valence-electron chi connectivity index (χ1n) is 3.43. The lowest BCUT2D eigenvalue weighted by Gasteiger charge is -2.00. The number of hydrogen-bond donors (Lipinski definition) is 0. The fourth-order valence-corrected chi connectivity index (χ4v) is 1.43. The summed E-state index contributed by atoms with van der Waals surface area (Å²) < 4.78 is 2.35. The van der Waals surface area contributed by atoms with E-state index in [4.69, 9.17) is 11.6 Å². The number of rotatable bonds is 1. The van der Waals surface area contributed by atoms with Crippen LogP contribution >= 0.6 is 27.5 Å². The summed E-state index contributed by atoms with van der Waals surface area (Å²) in [4.78, 5) is 7.89. The molecule has 0 spiro atoms. The molecule has 2 heterocycles. The van der Waals surface area contributed by atoms with E-state index in [9.17, 15) is 0 Å². The van der Waals surface area contributed by atoms with E-state index >= 15 is 0 Å². The van der Waals surface area contributed by atoms with Gasteiger partial charge in [0.05, 0.1) is 21.9 Å². The molecule has 0 bridgehead atoms. The number of halogens is 2. The van der Waals surface area contributed by atoms with Gasteiger partial charge in [0.25, 0.3) is 0 Å². The Bertz CT molecular complexity index is 428. The van der Waals surface area contributed by atoms with Gasteiger partial charge in [-0.2, -0.15) is 5.10 Å². The highest BCUT2D eigenvalue weighted by Crippen LogP contribution is 2.17. The molecular weight excluding hydrogens is 255 g/mol. The summed E-state index contributed by atoms with van der Waals surface area (Å²) in [6.45, 7) is 0. The fraction of sp³-hybridized carbons (Fsp3) is 0. The van der Waals surface area contributed by atoms with Gasteiger partial charge in [0.15, 0.2) is 5.82 Å². The Kier molecular flexibility index (Phi) is 2.28. The molecular formula is C7H4BrClN4. The van der Waals surface area contributed by atoms with Crippen molar-refractivity contribution in [3.05, 3.63) is 34.4 Å². The van der Waals surface area contributed by atoms with E-state index < -0.39 is 0 Å². The number of hydrogen-bond acceptors (Lipinski definition) is 3. The minimum atomic E-state index is 0.575. The van der Waals surface area contributed by atoms with Gasteiger partial charge in [0.1, 0.15) is 6.33 Å². The van der Waals surface area contributed by atoms with Gasteiger partial charge in [0, 0.05) is 6.20 Å². The molecule has 0 aliphatic rings. The van der Waals surface area contributed by atoms with Gasteiger partial charge in [0.2, 0.25) is 0 Å². The Morgan fingerprint density at radius 1 is 1.38 bits per heavy atom. The van der Waals surface area contributed by atoms with Crippen LogP contribution in [0.3, 0.4) is 0 Å². The highest BCUT2D eigenvalue weighted by molar-refractivity contribution is 9.10. The maximum Gasteiger partial charge on any atom is 0.170 e. The monoisotopic (exact) mass is 258 g/mol. The first-order valence-corrected chi connectivity index (χ1v) is 4.60. The van der Waals surface area contributed by atoms with Crippen LogP contribution in [0.4, 0.5) is 0 Å². The number of nitrogens with zero attached hydrogens (tertiary/aromatic N) is 4. The zero-order chi connectivity index (χ0) is 9.26. The normalized spacial score (nSPS) is 10.3. The topological polar surface area (TPSA) is 43.6 Å². The zero-order valence-corrected chi connectivity index (χ0v) is 8.70. The molecule has 0 atom stereocenters. The molecule has 0 fully saturated rings. The molecule has 0 aromatic carbocycles. The second kappa shape index (κ2) is 3.43. The summed E-state index contributed by atoms with van der Waals surface area (Å²) >= 11 is 9.03. The number of aromatic nitrogens is 4. The average molecular weight is 259 g/mol. The molecule has 13 heavy (non-hydrogen) atoms. The van der Waals surface area contributed by atoms with E-state index in [1.807, 2.05) is 0 Å². The van der Waals surface area contributed by atoms with Crippen LogP contribution in [0.5, 0.6) is 0 Å². The highest BCUT2D eigenvalue weighted by Gasteiger charge is 2.04. The standard InChI is InChI=1S/C7H4BrClN4/c8-6-2-10-4-11-7(6)13-3-5(9)1-12-13/h1-4H. The zero-order valence-electron chi connectivity index (χ0n) is 6.35. The second-order valence-corrected chi connectivity index (χ2v) is 3.59. The lowest BCUT2D eigenvalue weighted by molar-refractivity contribution is 0.833. The Balaban J connectivity index is 2.52. The first-order chi connectivity index (χ1) is 6.27. The summed E-state index contributed by atoms with van der Waals surface area (Å²) in [5.41, 5.74) is 0. The van der Waals surface area contributed by atoms with E-state index in [-0.39, 0.29) is 0 Å². The third-order valence-corrected chi connectivity index (χ3v) is 2.17. The maximum absolute atomic E-state index is 5.72. The van der Waals surface area contributed by atoms with E-state index in [1.54, 1.807) is 23.3 Å². The smallest absolute Gasteiger partial charge is 0.170 e. The Hall–Kier alpha value is -0.940. The SMILES string of the molecule is Clc1cnn(-c2ncncc2Br)c1. The first kappa shape index (κ1) is 8.65. The van der Waals surface area contributed by atoms with Gasteiger partial charge in [-0.25, -0.2) is 14.6 Å².